The molecular formula is C30H45NO5. The van der Waals surface area contributed by atoms with Gasteiger partial charge in [-0.15, -0.1) is 0 Å². The van der Waals surface area contributed by atoms with Gasteiger partial charge >= 0.3 is 5.97 Å². The lowest BCUT2D eigenvalue weighted by Crippen LogP contribution is -2.62. The minimum Gasteiger partial charge on any atom is -0.492 e. The SMILES string of the molecule is CC[C@H]1[C@@H](O)[C@@H]2[C@H](CC[C@]3(C)[C@@H](CCCOc4cncc(C(=O)O)c4)CC[C@@H]23)[C@@]2(C)CC[C@@H](O)C[C@@H]12. The predicted octanol–water partition coefficient (Wildman–Crippen LogP) is 5.57. The fourth-order valence-electron chi connectivity index (χ4n) is 9.67. The summed E-state index contributed by atoms with van der Waals surface area (Å²) in [6.45, 7) is 7.79. The summed E-state index contributed by atoms with van der Waals surface area (Å²) < 4.78 is 5.85. The first-order chi connectivity index (χ1) is 17.2. The summed E-state index contributed by atoms with van der Waals surface area (Å²) in [5.41, 5.74) is 0.660. The number of carbonyl (C=O) groups is 1. The predicted molar refractivity (Wildman–Crippen MR) is 138 cm³/mol. The van der Waals surface area contributed by atoms with Crippen molar-refractivity contribution in [2.24, 2.45) is 46.3 Å². The van der Waals surface area contributed by atoms with Crippen LogP contribution in [0.5, 0.6) is 5.75 Å². The second kappa shape index (κ2) is 9.90. The van der Waals surface area contributed by atoms with Gasteiger partial charge in [0.2, 0.25) is 0 Å². The van der Waals surface area contributed by atoms with E-state index >= 15 is 0 Å². The van der Waals surface area contributed by atoms with Crippen molar-refractivity contribution >= 4 is 5.97 Å². The first kappa shape index (κ1) is 26.0. The van der Waals surface area contributed by atoms with E-state index in [1.165, 1.54) is 37.9 Å². The van der Waals surface area contributed by atoms with Crippen LogP contribution in [0.3, 0.4) is 0 Å². The number of carboxylic acids is 1. The lowest BCUT2D eigenvalue weighted by molar-refractivity contribution is -0.202. The molecule has 1 heterocycles. The summed E-state index contributed by atoms with van der Waals surface area (Å²) in [5.74, 6) is 2.44. The van der Waals surface area contributed by atoms with Crippen LogP contribution in [0.15, 0.2) is 18.5 Å². The fraction of sp³-hybridized carbons (Fsp3) is 0.800. The Labute approximate surface area is 215 Å². The maximum atomic E-state index is 11.8. The third-order valence-electron chi connectivity index (χ3n) is 11.5. The molecule has 6 heteroatoms. The number of aliphatic hydroxyl groups excluding tert-OH is 2. The van der Waals surface area contributed by atoms with E-state index in [0.29, 0.717) is 47.9 Å². The minimum atomic E-state index is -0.992. The summed E-state index contributed by atoms with van der Waals surface area (Å²) in [4.78, 5) is 15.2. The highest BCUT2D eigenvalue weighted by Crippen LogP contribution is 2.69. The monoisotopic (exact) mass is 499 g/mol. The number of pyridine rings is 1. The van der Waals surface area contributed by atoms with Crippen molar-refractivity contribution in [1.82, 2.24) is 4.98 Å². The van der Waals surface area contributed by atoms with E-state index in [1.54, 1.807) is 6.20 Å². The Morgan fingerprint density at radius 1 is 1.06 bits per heavy atom. The maximum absolute atomic E-state index is 11.8. The standard InChI is InChI=1S/C30H45NO5/c1-4-22-25-15-20(32)9-11-30(25,3)24-10-12-29(2)19(7-8-23(29)26(24)27(22)33)6-5-13-36-21-14-18(28(34)35)16-31-17-21/h14,16-17,19-20,22-27,32-33H,4-13,15H2,1-3H3,(H,34,35)/t19-,20+,22+,23-,24-,25-,26-,27+,29+,30+/m0/s1. The smallest absolute Gasteiger partial charge is 0.337 e. The molecule has 4 aliphatic rings. The van der Waals surface area contributed by atoms with Gasteiger partial charge in [-0.3, -0.25) is 4.98 Å². The van der Waals surface area contributed by atoms with E-state index in [2.05, 4.69) is 25.8 Å². The molecule has 1 aromatic heterocycles. The molecule has 3 N–H and O–H groups in total. The quantitative estimate of drug-likeness (QED) is 0.425. The number of carboxylic acid groups (broad SMARTS) is 1. The van der Waals surface area contributed by atoms with Gasteiger partial charge in [0.05, 0.1) is 30.6 Å². The van der Waals surface area contributed by atoms with Crippen molar-refractivity contribution in [2.75, 3.05) is 6.61 Å². The van der Waals surface area contributed by atoms with Crippen LogP contribution >= 0.6 is 0 Å². The molecule has 0 aliphatic heterocycles. The number of aliphatic hydroxyl groups is 2. The molecule has 0 saturated heterocycles. The first-order valence-electron chi connectivity index (χ1n) is 14.4. The highest BCUT2D eigenvalue weighted by molar-refractivity contribution is 5.87. The zero-order valence-electron chi connectivity index (χ0n) is 22.2. The zero-order valence-corrected chi connectivity index (χ0v) is 22.2. The van der Waals surface area contributed by atoms with E-state index in [4.69, 9.17) is 9.84 Å². The minimum absolute atomic E-state index is 0.148. The van der Waals surface area contributed by atoms with Crippen molar-refractivity contribution in [3.8, 4) is 5.75 Å². The van der Waals surface area contributed by atoms with E-state index in [0.717, 1.165) is 38.5 Å². The lowest BCUT2D eigenvalue weighted by atomic mass is 9.41. The Hall–Kier alpha value is -1.66. The van der Waals surface area contributed by atoms with Crippen LogP contribution in [0.2, 0.25) is 0 Å². The summed E-state index contributed by atoms with van der Waals surface area (Å²) in [5, 5.41) is 31.4. The van der Waals surface area contributed by atoms with Crippen LogP contribution < -0.4 is 4.74 Å². The van der Waals surface area contributed by atoms with E-state index < -0.39 is 5.97 Å². The molecule has 5 rings (SSSR count). The molecule has 200 valence electrons. The van der Waals surface area contributed by atoms with Crippen molar-refractivity contribution in [3.05, 3.63) is 24.0 Å². The van der Waals surface area contributed by atoms with Crippen LogP contribution in [0.4, 0.5) is 0 Å². The Morgan fingerprint density at radius 2 is 1.81 bits per heavy atom. The number of aromatic carboxylic acids is 1. The number of fused-ring (bicyclic) bond motifs is 5. The van der Waals surface area contributed by atoms with E-state index in [1.807, 2.05) is 0 Å². The lowest BCUT2D eigenvalue weighted by Gasteiger charge is -2.64. The molecule has 0 radical (unpaired) electrons. The summed E-state index contributed by atoms with van der Waals surface area (Å²) >= 11 is 0. The molecule has 4 fully saturated rings. The molecule has 0 spiro atoms. The molecule has 4 saturated carbocycles. The van der Waals surface area contributed by atoms with Crippen molar-refractivity contribution < 1.29 is 24.9 Å². The van der Waals surface area contributed by atoms with Crippen molar-refractivity contribution in [1.29, 1.82) is 0 Å². The molecule has 4 aliphatic carbocycles. The Kier molecular flexibility index (Phi) is 7.14. The average molecular weight is 500 g/mol. The molecule has 36 heavy (non-hydrogen) atoms. The molecule has 0 aromatic carbocycles. The summed E-state index contributed by atoms with van der Waals surface area (Å²) in [6, 6.07) is 1.54. The maximum Gasteiger partial charge on any atom is 0.337 e. The molecule has 6 nitrogen and oxygen atoms in total. The topological polar surface area (TPSA) is 99.9 Å². The molecule has 0 bridgehead atoms. The Bertz CT molecular complexity index is 953. The van der Waals surface area contributed by atoms with Gasteiger partial charge in [-0.05, 0) is 110 Å². The third-order valence-corrected chi connectivity index (χ3v) is 11.5. The van der Waals surface area contributed by atoms with Crippen LogP contribution in [-0.2, 0) is 0 Å². The second-order valence-electron chi connectivity index (χ2n) is 12.9. The summed E-state index contributed by atoms with van der Waals surface area (Å²) in [6.07, 6.45) is 13.3. The number of rotatable bonds is 7. The second-order valence-corrected chi connectivity index (χ2v) is 12.9. The van der Waals surface area contributed by atoms with Gasteiger partial charge in [-0.25, -0.2) is 4.79 Å². The zero-order chi connectivity index (χ0) is 25.7. The molecule has 0 amide bonds. The van der Waals surface area contributed by atoms with Gasteiger partial charge in [0.1, 0.15) is 5.75 Å². The Morgan fingerprint density at radius 3 is 2.56 bits per heavy atom. The first-order valence-corrected chi connectivity index (χ1v) is 14.4. The van der Waals surface area contributed by atoms with E-state index in [9.17, 15) is 15.0 Å². The number of hydrogen-bond donors (Lipinski definition) is 3. The van der Waals surface area contributed by atoms with Crippen LogP contribution in [0.1, 0.15) is 95.3 Å². The van der Waals surface area contributed by atoms with E-state index in [-0.39, 0.29) is 28.6 Å². The third kappa shape index (κ3) is 4.26. The van der Waals surface area contributed by atoms with Gasteiger partial charge in [-0.2, -0.15) is 0 Å². The van der Waals surface area contributed by atoms with Gasteiger partial charge in [0.25, 0.3) is 0 Å². The highest BCUT2D eigenvalue weighted by Gasteiger charge is 2.64. The largest absolute Gasteiger partial charge is 0.492 e. The Balaban J connectivity index is 1.25. The van der Waals surface area contributed by atoms with Gasteiger partial charge in [0.15, 0.2) is 0 Å². The highest BCUT2D eigenvalue weighted by atomic mass is 16.5. The number of aromatic nitrogens is 1. The number of hydrogen-bond acceptors (Lipinski definition) is 5. The van der Waals surface area contributed by atoms with Crippen molar-refractivity contribution in [2.45, 2.75) is 97.2 Å². The van der Waals surface area contributed by atoms with Gasteiger partial charge in [0, 0.05) is 6.20 Å². The summed E-state index contributed by atoms with van der Waals surface area (Å²) in [7, 11) is 0. The molecular weight excluding hydrogens is 454 g/mol. The number of ether oxygens (including phenoxy) is 1. The van der Waals surface area contributed by atoms with Crippen LogP contribution in [-0.4, -0.2) is 45.1 Å². The number of nitrogens with zero attached hydrogens (tertiary/aromatic N) is 1. The van der Waals surface area contributed by atoms with Gasteiger partial charge in [-0.1, -0.05) is 27.2 Å². The average Bonchev–Trinajstić information content (AvgIpc) is 3.19. The van der Waals surface area contributed by atoms with Crippen LogP contribution in [0, 0.1) is 46.3 Å². The molecule has 10 atom stereocenters. The van der Waals surface area contributed by atoms with Crippen molar-refractivity contribution in [3.63, 3.8) is 0 Å². The fourth-order valence-corrected chi connectivity index (χ4v) is 9.67. The molecule has 0 unspecified atom stereocenters. The molecule has 1 aromatic rings. The normalized spacial score (nSPS) is 43.8. The van der Waals surface area contributed by atoms with Gasteiger partial charge < -0.3 is 20.1 Å². The van der Waals surface area contributed by atoms with Crippen LogP contribution in [0.25, 0.3) is 0 Å².